The standard InChI is InChI=1S/C17H15NO3/c1-17(19-9-10-20-17)16-14-11-13(7-8-15(14)18-21-16)12-5-3-2-4-6-12/h2-8,11H,9-10H2,1H3. The summed E-state index contributed by atoms with van der Waals surface area (Å²) in [6.45, 7) is 3.00. The van der Waals surface area contributed by atoms with Crippen molar-refractivity contribution in [1.82, 2.24) is 5.16 Å². The average Bonchev–Trinajstić information content (AvgIpc) is 3.14. The van der Waals surface area contributed by atoms with Gasteiger partial charge in [0, 0.05) is 0 Å². The van der Waals surface area contributed by atoms with Gasteiger partial charge >= 0.3 is 0 Å². The first-order valence-corrected chi connectivity index (χ1v) is 6.99. The molecule has 2 aromatic carbocycles. The van der Waals surface area contributed by atoms with Gasteiger partial charge in [-0.2, -0.15) is 0 Å². The summed E-state index contributed by atoms with van der Waals surface area (Å²) in [6.07, 6.45) is 0. The Morgan fingerprint density at radius 3 is 2.48 bits per heavy atom. The van der Waals surface area contributed by atoms with E-state index in [0.717, 1.165) is 22.0 Å². The first kappa shape index (κ1) is 12.6. The van der Waals surface area contributed by atoms with Crippen LogP contribution in [0.4, 0.5) is 0 Å². The Bertz CT molecular complexity index is 773. The number of benzene rings is 2. The maximum Gasteiger partial charge on any atom is 0.229 e. The molecule has 2 heterocycles. The van der Waals surface area contributed by atoms with E-state index in [4.69, 9.17) is 14.0 Å². The molecule has 4 rings (SSSR count). The van der Waals surface area contributed by atoms with Crippen LogP contribution >= 0.6 is 0 Å². The molecule has 0 amide bonds. The highest BCUT2D eigenvalue weighted by atomic mass is 16.7. The first-order valence-electron chi connectivity index (χ1n) is 6.99. The van der Waals surface area contributed by atoms with Crippen LogP contribution in [0, 0.1) is 0 Å². The van der Waals surface area contributed by atoms with E-state index in [-0.39, 0.29) is 0 Å². The third kappa shape index (κ3) is 2.04. The van der Waals surface area contributed by atoms with Gasteiger partial charge in [-0.05, 0) is 30.2 Å². The fourth-order valence-electron chi connectivity index (χ4n) is 2.72. The second-order valence-electron chi connectivity index (χ2n) is 5.25. The monoisotopic (exact) mass is 281 g/mol. The molecule has 0 radical (unpaired) electrons. The minimum atomic E-state index is -0.843. The highest BCUT2D eigenvalue weighted by Crippen LogP contribution is 2.37. The molecule has 1 fully saturated rings. The molecule has 1 aliphatic heterocycles. The summed E-state index contributed by atoms with van der Waals surface area (Å²) >= 11 is 0. The lowest BCUT2D eigenvalue weighted by Gasteiger charge is -2.18. The van der Waals surface area contributed by atoms with E-state index in [1.54, 1.807) is 0 Å². The maximum absolute atomic E-state index is 5.68. The second-order valence-corrected chi connectivity index (χ2v) is 5.25. The van der Waals surface area contributed by atoms with Crippen LogP contribution < -0.4 is 0 Å². The molecule has 0 unspecified atom stereocenters. The summed E-state index contributed by atoms with van der Waals surface area (Å²) in [4.78, 5) is 0. The molecule has 0 bridgehead atoms. The fourth-order valence-corrected chi connectivity index (χ4v) is 2.72. The lowest BCUT2D eigenvalue weighted by molar-refractivity contribution is -0.163. The van der Waals surface area contributed by atoms with Crippen LogP contribution in [0.15, 0.2) is 53.1 Å². The molecule has 0 atom stereocenters. The van der Waals surface area contributed by atoms with E-state index < -0.39 is 5.79 Å². The molecule has 0 aliphatic carbocycles. The normalized spacial score (nSPS) is 17.4. The van der Waals surface area contributed by atoms with Crippen molar-refractivity contribution in [3.8, 4) is 11.1 Å². The van der Waals surface area contributed by atoms with Gasteiger partial charge in [-0.25, -0.2) is 0 Å². The van der Waals surface area contributed by atoms with Gasteiger partial charge in [0.25, 0.3) is 0 Å². The number of ether oxygens (including phenoxy) is 2. The fraction of sp³-hybridized carbons (Fsp3) is 0.235. The van der Waals surface area contributed by atoms with Crippen molar-refractivity contribution in [2.75, 3.05) is 13.2 Å². The Hall–Kier alpha value is -2.17. The van der Waals surface area contributed by atoms with Crippen molar-refractivity contribution in [1.29, 1.82) is 0 Å². The van der Waals surface area contributed by atoms with E-state index >= 15 is 0 Å². The lowest BCUT2D eigenvalue weighted by Crippen LogP contribution is -2.21. The predicted molar refractivity (Wildman–Crippen MR) is 78.7 cm³/mol. The molecular weight excluding hydrogens is 266 g/mol. The molecule has 4 heteroatoms. The van der Waals surface area contributed by atoms with Gasteiger partial charge in [0.2, 0.25) is 11.5 Å². The van der Waals surface area contributed by atoms with Gasteiger partial charge in [-0.15, -0.1) is 0 Å². The second kappa shape index (κ2) is 4.69. The third-order valence-electron chi connectivity index (χ3n) is 3.83. The molecule has 4 nitrogen and oxygen atoms in total. The van der Waals surface area contributed by atoms with Crippen molar-refractivity contribution < 1.29 is 14.0 Å². The van der Waals surface area contributed by atoms with E-state index in [1.165, 1.54) is 0 Å². The molecule has 21 heavy (non-hydrogen) atoms. The van der Waals surface area contributed by atoms with Crippen molar-refractivity contribution in [2.45, 2.75) is 12.7 Å². The topological polar surface area (TPSA) is 44.5 Å². The van der Waals surface area contributed by atoms with E-state index in [2.05, 4.69) is 23.4 Å². The van der Waals surface area contributed by atoms with E-state index in [9.17, 15) is 0 Å². The summed E-state index contributed by atoms with van der Waals surface area (Å²) in [7, 11) is 0. The van der Waals surface area contributed by atoms with E-state index in [0.29, 0.717) is 19.0 Å². The largest absolute Gasteiger partial charge is 0.354 e. The quantitative estimate of drug-likeness (QED) is 0.718. The third-order valence-corrected chi connectivity index (χ3v) is 3.83. The first-order chi connectivity index (χ1) is 10.3. The van der Waals surface area contributed by atoms with Gasteiger partial charge in [0.15, 0.2) is 0 Å². The molecule has 0 saturated carbocycles. The van der Waals surface area contributed by atoms with Gasteiger partial charge in [0.05, 0.1) is 18.6 Å². The van der Waals surface area contributed by atoms with Gasteiger partial charge in [-0.1, -0.05) is 41.6 Å². The minimum absolute atomic E-state index is 0.567. The molecule has 3 aromatic rings. The Morgan fingerprint density at radius 2 is 1.71 bits per heavy atom. The molecular formula is C17H15NO3. The number of rotatable bonds is 2. The number of aromatic nitrogens is 1. The van der Waals surface area contributed by atoms with Crippen LogP contribution in [-0.4, -0.2) is 18.4 Å². The summed E-state index contributed by atoms with van der Waals surface area (Å²) in [6, 6.07) is 16.3. The highest BCUT2D eigenvalue weighted by molar-refractivity contribution is 5.86. The van der Waals surface area contributed by atoms with E-state index in [1.807, 2.05) is 37.3 Å². The maximum atomic E-state index is 5.68. The van der Waals surface area contributed by atoms with Crippen molar-refractivity contribution in [3.05, 3.63) is 54.3 Å². The molecule has 106 valence electrons. The molecule has 1 aromatic heterocycles. The van der Waals surface area contributed by atoms with Gasteiger partial charge < -0.3 is 14.0 Å². The summed E-state index contributed by atoms with van der Waals surface area (Å²) in [5, 5.41) is 5.04. The molecule has 0 N–H and O–H groups in total. The molecule has 1 saturated heterocycles. The SMILES string of the molecule is CC1(c2onc3ccc(-c4ccccc4)cc23)OCCO1. The zero-order chi connectivity index (χ0) is 14.3. The molecule has 1 aliphatic rings. The zero-order valence-electron chi connectivity index (χ0n) is 11.7. The Morgan fingerprint density at radius 1 is 0.952 bits per heavy atom. The number of nitrogens with zero attached hydrogens (tertiary/aromatic N) is 1. The zero-order valence-corrected chi connectivity index (χ0v) is 11.7. The smallest absolute Gasteiger partial charge is 0.229 e. The lowest BCUT2D eigenvalue weighted by atomic mass is 10.0. The number of fused-ring (bicyclic) bond motifs is 1. The van der Waals surface area contributed by atoms with Crippen LogP contribution in [0.1, 0.15) is 12.7 Å². The molecule has 0 spiro atoms. The van der Waals surface area contributed by atoms with Gasteiger partial charge in [0.1, 0.15) is 5.52 Å². The van der Waals surface area contributed by atoms with Crippen LogP contribution in [-0.2, 0) is 15.3 Å². The van der Waals surface area contributed by atoms with Crippen molar-refractivity contribution >= 4 is 10.9 Å². The Kier molecular flexibility index (Phi) is 2.80. The summed E-state index contributed by atoms with van der Waals surface area (Å²) in [5.41, 5.74) is 3.09. The predicted octanol–water partition coefficient (Wildman–Crippen LogP) is 3.71. The average molecular weight is 281 g/mol. The minimum Gasteiger partial charge on any atom is -0.354 e. The Balaban J connectivity index is 1.87. The van der Waals surface area contributed by atoms with Crippen LogP contribution in [0.2, 0.25) is 0 Å². The van der Waals surface area contributed by atoms with Crippen molar-refractivity contribution in [3.63, 3.8) is 0 Å². The number of hydrogen-bond acceptors (Lipinski definition) is 4. The van der Waals surface area contributed by atoms with Crippen LogP contribution in [0.25, 0.3) is 22.0 Å². The van der Waals surface area contributed by atoms with Gasteiger partial charge in [-0.3, -0.25) is 0 Å². The van der Waals surface area contributed by atoms with Crippen LogP contribution in [0.3, 0.4) is 0 Å². The number of hydrogen-bond donors (Lipinski definition) is 0. The van der Waals surface area contributed by atoms with Crippen LogP contribution in [0.5, 0.6) is 0 Å². The summed E-state index contributed by atoms with van der Waals surface area (Å²) < 4.78 is 16.9. The summed E-state index contributed by atoms with van der Waals surface area (Å²) in [5.74, 6) is -0.211. The highest BCUT2D eigenvalue weighted by Gasteiger charge is 2.38. The Labute approximate surface area is 122 Å². The van der Waals surface area contributed by atoms with Crippen molar-refractivity contribution in [2.24, 2.45) is 0 Å².